The van der Waals surface area contributed by atoms with Crippen molar-refractivity contribution >= 4 is 29.1 Å². The van der Waals surface area contributed by atoms with Gasteiger partial charge in [0.2, 0.25) is 0 Å². The zero-order chi connectivity index (χ0) is 13.9. The van der Waals surface area contributed by atoms with Crippen molar-refractivity contribution in [1.82, 2.24) is 4.98 Å². The van der Waals surface area contributed by atoms with Crippen molar-refractivity contribution in [1.29, 1.82) is 0 Å². The second kappa shape index (κ2) is 5.85. The molecule has 102 valence electrons. The first kappa shape index (κ1) is 13.5. The minimum atomic E-state index is 0.0754. The van der Waals surface area contributed by atoms with Crippen LogP contribution in [0.5, 0.6) is 5.75 Å². The number of carbonyl (C=O) groups is 1. The molecule has 0 aliphatic carbocycles. The van der Waals surface area contributed by atoms with E-state index < -0.39 is 0 Å². The third-order valence-electron chi connectivity index (χ3n) is 3.08. The molecular formula is C15H12ClNO2S. The summed E-state index contributed by atoms with van der Waals surface area (Å²) in [6.07, 6.45) is 2.54. The van der Waals surface area contributed by atoms with E-state index in [4.69, 9.17) is 16.3 Å². The molecule has 2 heterocycles. The minimum Gasteiger partial charge on any atom is -0.493 e. The highest BCUT2D eigenvalue weighted by Gasteiger charge is 2.15. The standard InChI is InChI=1S/C15H12ClNO2S/c16-12-2-1-6-17-15(12)20-9-13(18)10-3-4-14-11(8-10)5-7-19-14/h1-4,6,8H,5,7,9H2. The first-order chi connectivity index (χ1) is 9.74. The number of hydrogen-bond donors (Lipinski definition) is 0. The second-order valence-electron chi connectivity index (χ2n) is 4.42. The molecular weight excluding hydrogens is 294 g/mol. The van der Waals surface area contributed by atoms with Crippen molar-refractivity contribution in [2.75, 3.05) is 12.4 Å². The van der Waals surface area contributed by atoms with E-state index in [0.717, 1.165) is 17.7 Å². The van der Waals surface area contributed by atoms with Crippen molar-refractivity contribution in [2.45, 2.75) is 11.4 Å². The molecule has 1 aliphatic heterocycles. The maximum absolute atomic E-state index is 12.2. The lowest BCUT2D eigenvalue weighted by Crippen LogP contribution is -2.03. The van der Waals surface area contributed by atoms with E-state index >= 15 is 0 Å². The van der Waals surface area contributed by atoms with Gasteiger partial charge in [0, 0.05) is 18.2 Å². The van der Waals surface area contributed by atoms with Crippen LogP contribution in [0.1, 0.15) is 15.9 Å². The molecule has 0 atom stereocenters. The number of ether oxygens (including phenoxy) is 1. The Morgan fingerprint density at radius 2 is 2.30 bits per heavy atom. The van der Waals surface area contributed by atoms with Gasteiger partial charge < -0.3 is 4.74 Å². The summed E-state index contributed by atoms with van der Waals surface area (Å²) < 4.78 is 5.43. The summed E-state index contributed by atoms with van der Waals surface area (Å²) >= 11 is 7.38. The van der Waals surface area contributed by atoms with Gasteiger partial charge in [-0.3, -0.25) is 4.79 Å². The number of nitrogens with zero attached hydrogens (tertiary/aromatic N) is 1. The molecule has 0 amide bonds. The summed E-state index contributed by atoms with van der Waals surface area (Å²) in [5.74, 6) is 1.30. The smallest absolute Gasteiger partial charge is 0.173 e. The first-order valence-electron chi connectivity index (χ1n) is 6.26. The predicted octanol–water partition coefficient (Wildman–Crippen LogP) is 3.64. The molecule has 0 radical (unpaired) electrons. The lowest BCUT2D eigenvalue weighted by molar-refractivity contribution is 0.102. The molecule has 0 spiro atoms. The lowest BCUT2D eigenvalue weighted by Gasteiger charge is -2.04. The average molecular weight is 306 g/mol. The van der Waals surface area contributed by atoms with E-state index in [-0.39, 0.29) is 5.78 Å². The Morgan fingerprint density at radius 3 is 3.15 bits per heavy atom. The summed E-state index contributed by atoms with van der Waals surface area (Å²) in [5.41, 5.74) is 1.82. The Labute approximate surface area is 126 Å². The fourth-order valence-electron chi connectivity index (χ4n) is 2.05. The van der Waals surface area contributed by atoms with Crippen LogP contribution in [0.4, 0.5) is 0 Å². The van der Waals surface area contributed by atoms with E-state index in [2.05, 4.69) is 4.98 Å². The molecule has 1 aromatic carbocycles. The minimum absolute atomic E-state index is 0.0754. The van der Waals surface area contributed by atoms with E-state index in [1.165, 1.54) is 11.8 Å². The van der Waals surface area contributed by atoms with E-state index in [9.17, 15) is 4.79 Å². The maximum atomic E-state index is 12.2. The number of aromatic nitrogens is 1. The van der Waals surface area contributed by atoms with E-state index in [1.54, 1.807) is 18.3 Å². The molecule has 3 rings (SSSR count). The molecule has 0 fully saturated rings. The van der Waals surface area contributed by atoms with Gasteiger partial charge in [-0.2, -0.15) is 0 Å². The number of benzene rings is 1. The van der Waals surface area contributed by atoms with E-state index in [1.807, 2.05) is 18.2 Å². The topological polar surface area (TPSA) is 39.2 Å². The Hall–Kier alpha value is -1.52. The number of carbonyl (C=O) groups excluding carboxylic acids is 1. The number of Topliss-reactive ketones (excluding diaryl/α,β-unsaturated/α-hetero) is 1. The van der Waals surface area contributed by atoms with Crippen molar-refractivity contribution in [3.63, 3.8) is 0 Å². The zero-order valence-electron chi connectivity index (χ0n) is 10.6. The van der Waals surface area contributed by atoms with Crippen LogP contribution in [0.2, 0.25) is 5.02 Å². The molecule has 20 heavy (non-hydrogen) atoms. The largest absolute Gasteiger partial charge is 0.493 e. The predicted molar refractivity (Wildman–Crippen MR) is 79.9 cm³/mol. The van der Waals surface area contributed by atoms with Crippen molar-refractivity contribution in [3.8, 4) is 5.75 Å². The van der Waals surface area contributed by atoms with Crippen LogP contribution in [0.15, 0.2) is 41.6 Å². The SMILES string of the molecule is O=C(CSc1ncccc1Cl)c1ccc2c(c1)CCO2. The maximum Gasteiger partial charge on any atom is 0.173 e. The molecule has 0 saturated heterocycles. The highest BCUT2D eigenvalue weighted by molar-refractivity contribution is 8.00. The van der Waals surface area contributed by atoms with Crippen molar-refractivity contribution < 1.29 is 9.53 Å². The van der Waals surface area contributed by atoms with Gasteiger partial charge in [0.1, 0.15) is 10.8 Å². The summed E-state index contributed by atoms with van der Waals surface area (Å²) in [5, 5.41) is 1.26. The Bertz CT molecular complexity index is 660. The van der Waals surface area contributed by atoms with E-state index in [0.29, 0.717) is 28.0 Å². The second-order valence-corrected chi connectivity index (χ2v) is 5.79. The molecule has 3 nitrogen and oxygen atoms in total. The number of hydrogen-bond acceptors (Lipinski definition) is 4. The van der Waals surface area contributed by atoms with Gasteiger partial charge in [-0.15, -0.1) is 0 Å². The Kier molecular flexibility index (Phi) is 3.94. The summed E-state index contributed by atoms with van der Waals surface area (Å²) in [7, 11) is 0. The summed E-state index contributed by atoms with van der Waals surface area (Å²) in [6.45, 7) is 0.700. The third-order valence-corrected chi connectivity index (χ3v) is 4.50. The normalized spacial score (nSPS) is 12.8. The quantitative estimate of drug-likeness (QED) is 0.638. The average Bonchev–Trinajstić information content (AvgIpc) is 2.93. The van der Waals surface area contributed by atoms with Crippen LogP contribution >= 0.6 is 23.4 Å². The number of pyridine rings is 1. The monoisotopic (exact) mass is 305 g/mol. The van der Waals surface area contributed by atoms with Crippen LogP contribution in [-0.2, 0) is 6.42 Å². The fourth-order valence-corrected chi connectivity index (χ4v) is 3.12. The number of ketones is 1. The lowest BCUT2D eigenvalue weighted by atomic mass is 10.1. The van der Waals surface area contributed by atoms with Gasteiger partial charge in [0.05, 0.1) is 17.4 Å². The van der Waals surface area contributed by atoms with Gasteiger partial charge in [-0.05, 0) is 35.9 Å². The molecule has 5 heteroatoms. The van der Waals surface area contributed by atoms with Crippen LogP contribution in [-0.4, -0.2) is 23.1 Å². The number of fused-ring (bicyclic) bond motifs is 1. The zero-order valence-corrected chi connectivity index (χ0v) is 12.2. The highest BCUT2D eigenvalue weighted by Crippen LogP contribution is 2.28. The third kappa shape index (κ3) is 2.81. The molecule has 0 unspecified atom stereocenters. The van der Waals surface area contributed by atoms with Gasteiger partial charge in [-0.25, -0.2) is 4.98 Å². The van der Waals surface area contributed by atoms with Crippen molar-refractivity contribution in [2.24, 2.45) is 0 Å². The van der Waals surface area contributed by atoms with Crippen LogP contribution in [0.25, 0.3) is 0 Å². The van der Waals surface area contributed by atoms with Crippen LogP contribution in [0, 0.1) is 0 Å². The highest BCUT2D eigenvalue weighted by atomic mass is 35.5. The van der Waals surface area contributed by atoms with Crippen molar-refractivity contribution in [3.05, 3.63) is 52.7 Å². The number of halogens is 1. The van der Waals surface area contributed by atoms with Crippen LogP contribution < -0.4 is 4.74 Å². The van der Waals surface area contributed by atoms with Gasteiger partial charge in [-0.1, -0.05) is 23.4 Å². The molecule has 1 aliphatic rings. The Morgan fingerprint density at radius 1 is 1.40 bits per heavy atom. The van der Waals surface area contributed by atoms with Crippen LogP contribution in [0.3, 0.4) is 0 Å². The fraction of sp³-hybridized carbons (Fsp3) is 0.200. The number of rotatable bonds is 4. The Balaban J connectivity index is 1.69. The molecule has 0 N–H and O–H groups in total. The molecule has 0 saturated carbocycles. The summed E-state index contributed by atoms with van der Waals surface area (Å²) in [6, 6.07) is 9.15. The van der Waals surface area contributed by atoms with Gasteiger partial charge >= 0.3 is 0 Å². The molecule has 2 aromatic rings. The van der Waals surface area contributed by atoms with Gasteiger partial charge in [0.15, 0.2) is 5.78 Å². The first-order valence-corrected chi connectivity index (χ1v) is 7.62. The van der Waals surface area contributed by atoms with Gasteiger partial charge in [0.25, 0.3) is 0 Å². The number of thioether (sulfide) groups is 1. The summed E-state index contributed by atoms with van der Waals surface area (Å²) in [4.78, 5) is 16.4. The molecule has 0 bridgehead atoms. The molecule has 1 aromatic heterocycles.